The summed E-state index contributed by atoms with van der Waals surface area (Å²) < 4.78 is 78.0. The van der Waals surface area contributed by atoms with Gasteiger partial charge in [0.25, 0.3) is 0 Å². The molecular formula is C24H28F5NO2S. The summed E-state index contributed by atoms with van der Waals surface area (Å²) in [5.74, 6) is -2.65. The van der Waals surface area contributed by atoms with E-state index < -0.39 is 35.4 Å². The van der Waals surface area contributed by atoms with Crippen LogP contribution in [0, 0.1) is 25.5 Å². The lowest BCUT2D eigenvalue weighted by molar-refractivity contribution is -0.143. The van der Waals surface area contributed by atoms with Gasteiger partial charge in [-0.2, -0.15) is 13.2 Å². The monoisotopic (exact) mass is 489 g/mol. The number of hydrogen-bond acceptors (Lipinski definition) is 4. The zero-order chi connectivity index (χ0) is 25.1. The maximum absolute atomic E-state index is 15.3. The first-order chi connectivity index (χ1) is 15.1. The van der Waals surface area contributed by atoms with Crippen LogP contribution in [0.5, 0.6) is 0 Å². The number of nitrogens with one attached hydrogen (secondary N) is 1. The Morgan fingerprint density at radius 1 is 1.06 bits per heavy atom. The lowest BCUT2D eigenvalue weighted by Crippen LogP contribution is -2.26. The van der Waals surface area contributed by atoms with Crippen LogP contribution < -0.4 is 4.72 Å². The van der Waals surface area contributed by atoms with Gasteiger partial charge in [0.15, 0.2) is 0 Å². The van der Waals surface area contributed by atoms with Gasteiger partial charge in [-0.15, -0.1) is 0 Å². The Morgan fingerprint density at radius 3 is 2.12 bits per heavy atom. The Hall–Kier alpha value is -2.13. The second kappa shape index (κ2) is 10.4. The Balaban J connectivity index is 2.74. The third kappa shape index (κ3) is 7.17. The molecule has 0 radical (unpaired) electrons. The Labute approximate surface area is 195 Å². The van der Waals surface area contributed by atoms with Crippen molar-refractivity contribution in [3.63, 3.8) is 0 Å². The molecule has 2 aromatic carbocycles. The molecule has 1 atom stereocenters. The lowest BCUT2D eigenvalue weighted by Gasteiger charge is -2.26. The topological polar surface area (TPSA) is 38.3 Å². The van der Waals surface area contributed by atoms with Gasteiger partial charge in [0.1, 0.15) is 11.6 Å². The molecule has 0 aliphatic rings. The number of esters is 1. The minimum absolute atomic E-state index is 0.0856. The summed E-state index contributed by atoms with van der Waals surface area (Å²) in [7, 11) is 0. The molecule has 0 saturated heterocycles. The minimum Gasteiger partial charge on any atom is -0.466 e. The zero-order valence-corrected chi connectivity index (χ0v) is 20.2. The van der Waals surface area contributed by atoms with E-state index in [1.165, 1.54) is 30.1 Å². The number of benzene rings is 2. The van der Waals surface area contributed by atoms with Crippen LogP contribution in [-0.4, -0.2) is 17.3 Å². The molecule has 0 aliphatic carbocycles. The third-order valence-electron chi connectivity index (χ3n) is 4.75. The Kier molecular flexibility index (Phi) is 8.57. The predicted molar refractivity (Wildman–Crippen MR) is 121 cm³/mol. The molecule has 0 amide bonds. The summed E-state index contributed by atoms with van der Waals surface area (Å²) in [6.07, 6.45) is -5.34. The largest absolute Gasteiger partial charge is 0.466 e. The maximum Gasteiger partial charge on any atom is 0.419 e. The molecule has 9 heteroatoms. The molecule has 0 spiro atoms. The van der Waals surface area contributed by atoms with Gasteiger partial charge >= 0.3 is 12.1 Å². The normalized spacial score (nSPS) is 13.2. The van der Waals surface area contributed by atoms with Gasteiger partial charge in [-0.05, 0) is 88.1 Å². The average molecular weight is 490 g/mol. The van der Waals surface area contributed by atoms with Crippen molar-refractivity contribution < 1.29 is 31.5 Å². The Morgan fingerprint density at radius 2 is 1.64 bits per heavy atom. The van der Waals surface area contributed by atoms with Crippen LogP contribution >= 0.6 is 11.9 Å². The molecule has 2 rings (SSSR count). The number of carbonyl (C=O) groups is 1. The summed E-state index contributed by atoms with van der Waals surface area (Å²) in [6, 6.07) is 3.35. The second-order valence-electron chi connectivity index (χ2n) is 8.73. The smallest absolute Gasteiger partial charge is 0.419 e. The van der Waals surface area contributed by atoms with Crippen LogP contribution in [0.2, 0.25) is 0 Å². The molecule has 182 valence electrons. The Bertz CT molecular complexity index is 992. The molecule has 0 unspecified atom stereocenters. The molecule has 33 heavy (non-hydrogen) atoms. The van der Waals surface area contributed by atoms with Crippen molar-refractivity contribution in [1.82, 2.24) is 4.72 Å². The highest BCUT2D eigenvalue weighted by molar-refractivity contribution is 7.98. The number of carbonyl (C=O) groups excluding carboxylic acids is 1. The van der Waals surface area contributed by atoms with E-state index in [0.29, 0.717) is 16.7 Å². The molecule has 0 heterocycles. The van der Waals surface area contributed by atoms with Crippen molar-refractivity contribution >= 4 is 17.9 Å². The molecule has 0 aliphatic heterocycles. The van der Waals surface area contributed by atoms with E-state index in [-0.39, 0.29) is 28.9 Å². The number of alkyl halides is 3. The van der Waals surface area contributed by atoms with E-state index >= 15 is 4.39 Å². The highest BCUT2D eigenvalue weighted by atomic mass is 32.2. The predicted octanol–water partition coefficient (Wildman–Crippen LogP) is 7.30. The molecule has 3 nitrogen and oxygen atoms in total. The van der Waals surface area contributed by atoms with E-state index in [1.807, 2.05) is 20.8 Å². The first-order valence-corrected chi connectivity index (χ1v) is 11.2. The van der Waals surface area contributed by atoms with Crippen molar-refractivity contribution in [2.24, 2.45) is 0 Å². The van der Waals surface area contributed by atoms with Crippen molar-refractivity contribution in [2.45, 2.75) is 64.9 Å². The molecule has 2 aromatic rings. The van der Waals surface area contributed by atoms with Crippen LogP contribution in [0.25, 0.3) is 11.1 Å². The summed E-state index contributed by atoms with van der Waals surface area (Å²) in [5, 5.41) is 0. The van der Waals surface area contributed by atoms with Gasteiger partial charge in [0.2, 0.25) is 0 Å². The van der Waals surface area contributed by atoms with E-state index in [4.69, 9.17) is 4.74 Å². The highest BCUT2D eigenvalue weighted by Crippen LogP contribution is 2.40. The van der Waals surface area contributed by atoms with Gasteiger partial charge in [-0.3, -0.25) is 9.52 Å². The quantitative estimate of drug-likeness (QED) is 0.252. The van der Waals surface area contributed by atoms with Crippen molar-refractivity contribution in [2.75, 3.05) is 6.61 Å². The minimum atomic E-state index is -4.97. The van der Waals surface area contributed by atoms with Gasteiger partial charge in [-0.25, -0.2) is 8.78 Å². The summed E-state index contributed by atoms with van der Waals surface area (Å²) in [5.41, 5.74) is -0.469. The third-order valence-corrected chi connectivity index (χ3v) is 5.77. The summed E-state index contributed by atoms with van der Waals surface area (Å²) in [4.78, 5) is 12.2. The van der Waals surface area contributed by atoms with E-state index in [1.54, 1.807) is 20.8 Å². The van der Waals surface area contributed by atoms with Crippen LogP contribution in [0.1, 0.15) is 62.4 Å². The van der Waals surface area contributed by atoms with E-state index in [0.717, 1.165) is 6.07 Å². The fraction of sp³-hybridized carbons (Fsp3) is 0.458. The van der Waals surface area contributed by atoms with Crippen LogP contribution in [0.4, 0.5) is 22.0 Å². The number of ether oxygens (including phenoxy) is 1. The highest BCUT2D eigenvalue weighted by Gasteiger charge is 2.37. The maximum atomic E-state index is 15.3. The fourth-order valence-corrected chi connectivity index (χ4v) is 4.17. The first kappa shape index (κ1) is 27.1. The first-order valence-electron chi connectivity index (χ1n) is 10.4. The molecule has 0 bridgehead atoms. The number of halogens is 5. The van der Waals surface area contributed by atoms with Crippen molar-refractivity contribution in [3.8, 4) is 11.1 Å². The molecular weight excluding hydrogens is 461 g/mol. The SMILES string of the molecule is CCOC(=O)C[C@H](NSC(C)(C)C)c1cc(-c2c(C)cc(F)cc2C)cc(C(F)(F)F)c1F. The number of rotatable bonds is 7. The zero-order valence-electron chi connectivity index (χ0n) is 19.4. The van der Waals surface area contributed by atoms with Crippen LogP contribution in [0.15, 0.2) is 24.3 Å². The number of hydrogen-bond donors (Lipinski definition) is 1. The standard InChI is InChI=1S/C24H28F5NO2S/c1-7-32-20(31)12-19(30-33-23(4,5)6)17-10-15(11-18(22(17)26)24(27,28)29)21-13(2)8-16(25)9-14(21)3/h8-11,19,30H,7,12H2,1-6H3/t19-/m0/s1. The summed E-state index contributed by atoms with van der Waals surface area (Å²) in [6.45, 7) is 10.4. The van der Waals surface area contributed by atoms with E-state index in [9.17, 15) is 22.4 Å². The van der Waals surface area contributed by atoms with Gasteiger partial charge in [-0.1, -0.05) is 11.9 Å². The second-order valence-corrected chi connectivity index (χ2v) is 10.4. The number of aryl methyl sites for hydroxylation is 2. The van der Waals surface area contributed by atoms with Crippen LogP contribution in [-0.2, 0) is 15.7 Å². The van der Waals surface area contributed by atoms with Gasteiger partial charge < -0.3 is 4.74 Å². The fourth-order valence-electron chi connectivity index (χ4n) is 3.47. The molecule has 0 fully saturated rings. The van der Waals surface area contributed by atoms with E-state index in [2.05, 4.69) is 4.72 Å². The van der Waals surface area contributed by atoms with Crippen molar-refractivity contribution in [3.05, 3.63) is 58.2 Å². The molecule has 1 N–H and O–H groups in total. The van der Waals surface area contributed by atoms with Crippen molar-refractivity contribution in [1.29, 1.82) is 0 Å². The molecule has 0 aromatic heterocycles. The van der Waals surface area contributed by atoms with Gasteiger partial charge in [0.05, 0.1) is 24.6 Å². The van der Waals surface area contributed by atoms with Crippen LogP contribution in [0.3, 0.4) is 0 Å². The molecule has 0 saturated carbocycles. The average Bonchev–Trinajstić information content (AvgIpc) is 2.64. The lowest BCUT2D eigenvalue weighted by atomic mass is 9.90. The summed E-state index contributed by atoms with van der Waals surface area (Å²) >= 11 is 1.17. The van der Waals surface area contributed by atoms with Gasteiger partial charge in [0, 0.05) is 10.3 Å².